The van der Waals surface area contributed by atoms with Crippen molar-refractivity contribution in [2.45, 2.75) is 0 Å². The highest BCUT2D eigenvalue weighted by atomic mass is 16.1. The van der Waals surface area contributed by atoms with Gasteiger partial charge in [0.1, 0.15) is 5.82 Å². The normalized spacial score (nSPS) is 8.83. The Morgan fingerprint density at radius 1 is 1.58 bits per heavy atom. The molecule has 0 unspecified atom stereocenters. The molecule has 0 saturated heterocycles. The highest BCUT2D eigenvalue weighted by Crippen LogP contribution is 2.15. The van der Waals surface area contributed by atoms with Gasteiger partial charge in [-0.15, -0.1) is 0 Å². The van der Waals surface area contributed by atoms with E-state index in [1.807, 2.05) is 19.0 Å². The molecule has 0 radical (unpaired) electrons. The fourth-order valence-corrected chi connectivity index (χ4v) is 0.774. The average Bonchev–Trinajstić information content (AvgIpc) is 2.05. The van der Waals surface area contributed by atoms with Gasteiger partial charge in [-0.3, -0.25) is 0 Å². The molecule has 12 heavy (non-hydrogen) atoms. The number of rotatable bonds is 2. The maximum absolute atomic E-state index is 9.93. The van der Waals surface area contributed by atoms with Crippen molar-refractivity contribution in [1.29, 1.82) is 0 Å². The SMILES string of the molecule is CN(C)c1cc(N=C=O)ccn1. The quantitative estimate of drug-likeness (QED) is 0.484. The summed E-state index contributed by atoms with van der Waals surface area (Å²) in [4.78, 5) is 19.3. The number of aliphatic imine (C=N–C) groups is 1. The van der Waals surface area contributed by atoms with Crippen molar-refractivity contribution in [3.63, 3.8) is 0 Å². The van der Waals surface area contributed by atoms with Crippen LogP contribution in [0.4, 0.5) is 11.5 Å². The van der Waals surface area contributed by atoms with Gasteiger partial charge in [0.15, 0.2) is 0 Å². The van der Waals surface area contributed by atoms with Crippen LogP contribution in [0.25, 0.3) is 0 Å². The Balaban J connectivity index is 3.03. The van der Waals surface area contributed by atoms with E-state index >= 15 is 0 Å². The van der Waals surface area contributed by atoms with E-state index in [0.717, 1.165) is 5.82 Å². The fourth-order valence-electron chi connectivity index (χ4n) is 0.774. The first-order valence-corrected chi connectivity index (χ1v) is 3.45. The van der Waals surface area contributed by atoms with Crippen LogP contribution in [0.3, 0.4) is 0 Å². The number of pyridine rings is 1. The maximum atomic E-state index is 9.93. The first-order valence-electron chi connectivity index (χ1n) is 3.45. The number of isocyanates is 1. The summed E-state index contributed by atoms with van der Waals surface area (Å²) < 4.78 is 0. The van der Waals surface area contributed by atoms with Crippen LogP contribution in [0, 0.1) is 0 Å². The highest BCUT2D eigenvalue weighted by molar-refractivity contribution is 5.54. The molecular weight excluding hydrogens is 154 g/mol. The van der Waals surface area contributed by atoms with Gasteiger partial charge in [0, 0.05) is 26.4 Å². The minimum atomic E-state index is 0.573. The van der Waals surface area contributed by atoms with Gasteiger partial charge in [0.25, 0.3) is 0 Å². The second kappa shape index (κ2) is 3.64. The number of hydrogen-bond donors (Lipinski definition) is 0. The minimum Gasteiger partial charge on any atom is -0.363 e. The van der Waals surface area contributed by atoms with Gasteiger partial charge in [0.2, 0.25) is 6.08 Å². The Hall–Kier alpha value is -1.67. The van der Waals surface area contributed by atoms with E-state index in [4.69, 9.17) is 0 Å². The fraction of sp³-hybridized carbons (Fsp3) is 0.250. The second-order valence-electron chi connectivity index (χ2n) is 2.47. The lowest BCUT2D eigenvalue weighted by Crippen LogP contribution is -2.09. The van der Waals surface area contributed by atoms with Crippen LogP contribution < -0.4 is 4.90 Å². The smallest absolute Gasteiger partial charge is 0.240 e. The third-order valence-electron chi connectivity index (χ3n) is 1.36. The van der Waals surface area contributed by atoms with Crippen LogP contribution in [-0.2, 0) is 4.79 Å². The van der Waals surface area contributed by atoms with Crippen LogP contribution in [0.5, 0.6) is 0 Å². The number of hydrogen-bond acceptors (Lipinski definition) is 4. The summed E-state index contributed by atoms with van der Waals surface area (Å²) >= 11 is 0. The van der Waals surface area contributed by atoms with E-state index in [9.17, 15) is 4.79 Å². The lowest BCUT2D eigenvalue weighted by atomic mass is 10.4. The van der Waals surface area contributed by atoms with Crippen LogP contribution in [0.1, 0.15) is 0 Å². The molecule has 0 aliphatic carbocycles. The van der Waals surface area contributed by atoms with Gasteiger partial charge in [0.05, 0.1) is 5.69 Å². The van der Waals surface area contributed by atoms with E-state index in [-0.39, 0.29) is 0 Å². The highest BCUT2D eigenvalue weighted by Gasteiger charge is 1.96. The number of carbonyl (C=O) groups excluding carboxylic acids is 1. The van der Waals surface area contributed by atoms with Gasteiger partial charge in [-0.1, -0.05) is 0 Å². The predicted molar refractivity (Wildman–Crippen MR) is 46.3 cm³/mol. The monoisotopic (exact) mass is 163 g/mol. The molecule has 1 aromatic heterocycles. The molecule has 4 nitrogen and oxygen atoms in total. The summed E-state index contributed by atoms with van der Waals surface area (Å²) in [5, 5.41) is 0. The van der Waals surface area contributed by atoms with Crippen LogP contribution in [0.2, 0.25) is 0 Å². The minimum absolute atomic E-state index is 0.573. The zero-order valence-electron chi connectivity index (χ0n) is 6.98. The molecule has 0 saturated carbocycles. The predicted octanol–water partition coefficient (Wildman–Crippen LogP) is 1.11. The Labute approximate surface area is 70.6 Å². The lowest BCUT2D eigenvalue weighted by molar-refractivity contribution is 0.565. The molecular formula is C8H9N3O. The molecule has 1 rings (SSSR count). The molecule has 0 atom stereocenters. The van der Waals surface area contributed by atoms with Crippen molar-refractivity contribution < 1.29 is 4.79 Å². The Morgan fingerprint density at radius 3 is 2.92 bits per heavy atom. The summed E-state index contributed by atoms with van der Waals surface area (Å²) in [6.45, 7) is 0. The topological polar surface area (TPSA) is 45.6 Å². The number of aromatic nitrogens is 1. The molecule has 0 spiro atoms. The van der Waals surface area contributed by atoms with Crippen molar-refractivity contribution in [3.05, 3.63) is 18.3 Å². The summed E-state index contributed by atoms with van der Waals surface area (Å²) in [7, 11) is 3.74. The summed E-state index contributed by atoms with van der Waals surface area (Å²) in [5.74, 6) is 0.770. The Bertz CT molecular complexity index is 316. The molecule has 0 aliphatic rings. The summed E-state index contributed by atoms with van der Waals surface area (Å²) in [5.41, 5.74) is 0.573. The average molecular weight is 163 g/mol. The largest absolute Gasteiger partial charge is 0.363 e. The third-order valence-corrected chi connectivity index (χ3v) is 1.36. The van der Waals surface area contributed by atoms with E-state index < -0.39 is 0 Å². The van der Waals surface area contributed by atoms with Gasteiger partial charge < -0.3 is 4.90 Å². The van der Waals surface area contributed by atoms with Gasteiger partial charge in [-0.05, 0) is 6.07 Å². The molecule has 62 valence electrons. The standard InChI is InChI=1S/C8H9N3O/c1-11(2)8-5-7(10-6-12)3-4-9-8/h3-5H,1-2H3. The van der Waals surface area contributed by atoms with Crippen molar-refractivity contribution in [3.8, 4) is 0 Å². The zero-order valence-corrected chi connectivity index (χ0v) is 6.98. The first-order chi connectivity index (χ1) is 5.74. The van der Waals surface area contributed by atoms with Crippen LogP contribution >= 0.6 is 0 Å². The second-order valence-corrected chi connectivity index (χ2v) is 2.47. The van der Waals surface area contributed by atoms with E-state index in [2.05, 4.69) is 9.98 Å². The lowest BCUT2D eigenvalue weighted by Gasteiger charge is -2.09. The molecule has 4 heteroatoms. The van der Waals surface area contributed by atoms with Crippen molar-refractivity contribution in [2.75, 3.05) is 19.0 Å². The molecule has 0 bridgehead atoms. The first kappa shape index (κ1) is 8.43. The number of anilines is 1. The number of nitrogens with zero attached hydrogens (tertiary/aromatic N) is 3. The zero-order chi connectivity index (χ0) is 8.97. The van der Waals surface area contributed by atoms with Gasteiger partial charge in [-0.2, -0.15) is 4.99 Å². The molecule has 1 aromatic rings. The van der Waals surface area contributed by atoms with Crippen LogP contribution in [0.15, 0.2) is 23.3 Å². The molecule has 1 heterocycles. The Morgan fingerprint density at radius 2 is 2.33 bits per heavy atom. The molecule has 0 N–H and O–H groups in total. The summed E-state index contributed by atoms with van der Waals surface area (Å²) in [6.07, 6.45) is 3.08. The maximum Gasteiger partial charge on any atom is 0.240 e. The van der Waals surface area contributed by atoms with Crippen molar-refractivity contribution in [1.82, 2.24) is 4.98 Å². The molecule has 0 fully saturated rings. The molecule has 0 amide bonds. The molecule has 0 aromatic carbocycles. The van der Waals surface area contributed by atoms with E-state index in [1.54, 1.807) is 18.3 Å². The van der Waals surface area contributed by atoms with E-state index in [0.29, 0.717) is 5.69 Å². The van der Waals surface area contributed by atoms with Crippen molar-refractivity contribution in [2.24, 2.45) is 4.99 Å². The van der Waals surface area contributed by atoms with E-state index in [1.165, 1.54) is 6.08 Å². The third kappa shape index (κ3) is 1.90. The van der Waals surface area contributed by atoms with Gasteiger partial charge in [-0.25, -0.2) is 9.78 Å². The van der Waals surface area contributed by atoms with Crippen molar-refractivity contribution >= 4 is 17.6 Å². The summed E-state index contributed by atoms with van der Waals surface area (Å²) in [6, 6.07) is 3.36. The molecule has 0 aliphatic heterocycles. The van der Waals surface area contributed by atoms with Gasteiger partial charge >= 0.3 is 0 Å². The van der Waals surface area contributed by atoms with Crippen LogP contribution in [-0.4, -0.2) is 25.2 Å². The Kier molecular flexibility index (Phi) is 2.56.